The van der Waals surface area contributed by atoms with Gasteiger partial charge in [0, 0.05) is 25.4 Å². The molecule has 0 bridgehead atoms. The minimum Gasteiger partial charge on any atom is -0.380 e. The standard InChI is InChI=1S/C10H21NO3S/c1-3-14-8-7-11-9-5-4-6-10(9)15(2,12)13/h9-11H,3-8H2,1-2H3. The zero-order valence-electron chi connectivity index (χ0n) is 9.53. The van der Waals surface area contributed by atoms with Crippen molar-refractivity contribution in [3.05, 3.63) is 0 Å². The molecule has 0 amide bonds. The van der Waals surface area contributed by atoms with Crippen molar-refractivity contribution in [2.45, 2.75) is 37.5 Å². The predicted molar refractivity (Wildman–Crippen MR) is 60.8 cm³/mol. The summed E-state index contributed by atoms with van der Waals surface area (Å²) in [6, 6.07) is 0.125. The zero-order valence-corrected chi connectivity index (χ0v) is 10.3. The SMILES string of the molecule is CCOCCNC1CCCC1S(C)(=O)=O. The van der Waals surface area contributed by atoms with Gasteiger partial charge in [0.05, 0.1) is 11.9 Å². The van der Waals surface area contributed by atoms with Crippen LogP contribution in [0.5, 0.6) is 0 Å². The number of rotatable bonds is 6. The van der Waals surface area contributed by atoms with Gasteiger partial charge >= 0.3 is 0 Å². The summed E-state index contributed by atoms with van der Waals surface area (Å²) in [7, 11) is -2.90. The van der Waals surface area contributed by atoms with Gasteiger partial charge in [-0.15, -0.1) is 0 Å². The second-order valence-electron chi connectivity index (χ2n) is 4.06. The molecular weight excluding hydrogens is 214 g/mol. The van der Waals surface area contributed by atoms with Crippen LogP contribution in [0.2, 0.25) is 0 Å². The first-order valence-electron chi connectivity index (χ1n) is 5.55. The van der Waals surface area contributed by atoms with Gasteiger partial charge in [-0.1, -0.05) is 6.42 Å². The number of sulfone groups is 1. The van der Waals surface area contributed by atoms with Crippen LogP contribution < -0.4 is 5.32 Å². The van der Waals surface area contributed by atoms with Crippen molar-refractivity contribution in [1.82, 2.24) is 5.32 Å². The monoisotopic (exact) mass is 235 g/mol. The van der Waals surface area contributed by atoms with Gasteiger partial charge in [-0.25, -0.2) is 8.42 Å². The van der Waals surface area contributed by atoms with E-state index in [1.54, 1.807) is 0 Å². The lowest BCUT2D eigenvalue weighted by molar-refractivity contribution is 0.147. The fourth-order valence-corrected chi connectivity index (χ4v) is 3.56. The Morgan fingerprint density at radius 1 is 1.40 bits per heavy atom. The maximum Gasteiger partial charge on any atom is 0.151 e. The summed E-state index contributed by atoms with van der Waals surface area (Å²) in [6.45, 7) is 4.06. The minimum atomic E-state index is -2.90. The van der Waals surface area contributed by atoms with Crippen molar-refractivity contribution in [1.29, 1.82) is 0 Å². The van der Waals surface area contributed by atoms with Gasteiger partial charge in [-0.05, 0) is 19.8 Å². The fourth-order valence-electron chi connectivity index (χ4n) is 2.13. The largest absolute Gasteiger partial charge is 0.380 e. The van der Waals surface area contributed by atoms with Crippen molar-refractivity contribution in [3.8, 4) is 0 Å². The maximum atomic E-state index is 11.5. The highest BCUT2D eigenvalue weighted by Crippen LogP contribution is 2.24. The third kappa shape index (κ3) is 4.09. The van der Waals surface area contributed by atoms with Gasteiger partial charge in [0.2, 0.25) is 0 Å². The molecule has 1 rings (SSSR count). The molecule has 0 aromatic rings. The summed E-state index contributed by atoms with van der Waals surface area (Å²) < 4.78 is 28.1. The summed E-state index contributed by atoms with van der Waals surface area (Å²) in [6.07, 6.45) is 4.10. The highest BCUT2D eigenvalue weighted by molar-refractivity contribution is 7.91. The Morgan fingerprint density at radius 2 is 2.13 bits per heavy atom. The smallest absolute Gasteiger partial charge is 0.151 e. The van der Waals surface area contributed by atoms with Gasteiger partial charge in [-0.2, -0.15) is 0 Å². The molecule has 0 aromatic carbocycles. The van der Waals surface area contributed by atoms with Crippen molar-refractivity contribution < 1.29 is 13.2 Å². The Hall–Kier alpha value is -0.130. The molecule has 2 unspecified atom stereocenters. The zero-order chi connectivity index (χ0) is 11.3. The van der Waals surface area contributed by atoms with Crippen LogP contribution in [0.3, 0.4) is 0 Å². The van der Waals surface area contributed by atoms with E-state index in [0.717, 1.165) is 25.8 Å². The minimum absolute atomic E-state index is 0.125. The molecule has 0 radical (unpaired) electrons. The van der Waals surface area contributed by atoms with Gasteiger partial charge < -0.3 is 10.1 Å². The third-order valence-corrected chi connectivity index (χ3v) is 4.52. The van der Waals surface area contributed by atoms with Crippen LogP contribution in [-0.4, -0.2) is 45.7 Å². The molecule has 5 heteroatoms. The Labute approximate surface area is 92.3 Å². The molecule has 15 heavy (non-hydrogen) atoms. The molecule has 1 saturated carbocycles. The first-order chi connectivity index (χ1) is 7.05. The fraction of sp³-hybridized carbons (Fsp3) is 1.00. The Kier molecular flexibility index (Phi) is 5.02. The Bertz CT molecular complexity index is 276. The quantitative estimate of drug-likeness (QED) is 0.684. The average Bonchev–Trinajstić information content (AvgIpc) is 2.59. The second-order valence-corrected chi connectivity index (χ2v) is 6.32. The lowest BCUT2D eigenvalue weighted by Gasteiger charge is -2.19. The molecule has 4 nitrogen and oxygen atoms in total. The van der Waals surface area contributed by atoms with E-state index in [4.69, 9.17) is 4.74 Å². The van der Waals surface area contributed by atoms with Gasteiger partial charge in [-0.3, -0.25) is 0 Å². The van der Waals surface area contributed by atoms with E-state index in [1.807, 2.05) is 6.92 Å². The van der Waals surface area contributed by atoms with Gasteiger partial charge in [0.15, 0.2) is 9.84 Å². The molecule has 2 atom stereocenters. The molecule has 1 fully saturated rings. The van der Waals surface area contributed by atoms with E-state index in [9.17, 15) is 8.42 Å². The van der Waals surface area contributed by atoms with Crippen LogP contribution in [-0.2, 0) is 14.6 Å². The van der Waals surface area contributed by atoms with Crippen molar-refractivity contribution in [2.75, 3.05) is 26.0 Å². The number of ether oxygens (including phenoxy) is 1. The lowest BCUT2D eigenvalue weighted by Crippen LogP contribution is -2.41. The van der Waals surface area contributed by atoms with E-state index < -0.39 is 9.84 Å². The summed E-state index contributed by atoms with van der Waals surface area (Å²) in [5, 5.41) is 3.07. The van der Waals surface area contributed by atoms with Gasteiger partial charge in [0.25, 0.3) is 0 Å². The van der Waals surface area contributed by atoms with E-state index in [1.165, 1.54) is 6.26 Å². The average molecular weight is 235 g/mol. The third-order valence-electron chi connectivity index (χ3n) is 2.86. The molecule has 0 heterocycles. The number of hydrogen-bond acceptors (Lipinski definition) is 4. The predicted octanol–water partition coefficient (Wildman–Crippen LogP) is 0.578. The highest BCUT2D eigenvalue weighted by atomic mass is 32.2. The topological polar surface area (TPSA) is 55.4 Å². The van der Waals surface area contributed by atoms with Crippen molar-refractivity contribution in [3.63, 3.8) is 0 Å². The number of hydrogen-bond donors (Lipinski definition) is 1. The molecule has 0 spiro atoms. The molecule has 0 aliphatic heterocycles. The van der Waals surface area contributed by atoms with Gasteiger partial charge in [0.1, 0.15) is 0 Å². The lowest BCUT2D eigenvalue weighted by atomic mass is 10.2. The maximum absolute atomic E-state index is 11.5. The van der Waals surface area contributed by atoms with Crippen LogP contribution in [0.25, 0.3) is 0 Å². The summed E-state index contributed by atoms with van der Waals surface area (Å²) in [5.74, 6) is 0. The van der Waals surface area contributed by atoms with Crippen LogP contribution in [0.4, 0.5) is 0 Å². The van der Waals surface area contributed by atoms with Crippen LogP contribution in [0.1, 0.15) is 26.2 Å². The van der Waals surface area contributed by atoms with Crippen LogP contribution in [0, 0.1) is 0 Å². The summed E-state index contributed by atoms with van der Waals surface area (Å²) >= 11 is 0. The van der Waals surface area contributed by atoms with E-state index in [0.29, 0.717) is 13.2 Å². The van der Waals surface area contributed by atoms with Crippen LogP contribution >= 0.6 is 0 Å². The molecule has 1 aliphatic rings. The first-order valence-corrected chi connectivity index (χ1v) is 7.51. The van der Waals surface area contributed by atoms with E-state index >= 15 is 0 Å². The molecule has 90 valence electrons. The van der Waals surface area contributed by atoms with E-state index in [-0.39, 0.29) is 11.3 Å². The Morgan fingerprint density at radius 3 is 2.73 bits per heavy atom. The Balaban J connectivity index is 2.34. The number of nitrogens with one attached hydrogen (secondary N) is 1. The van der Waals surface area contributed by atoms with Crippen LogP contribution in [0.15, 0.2) is 0 Å². The first kappa shape index (κ1) is 12.9. The molecular formula is C10H21NO3S. The molecule has 1 aliphatic carbocycles. The highest BCUT2D eigenvalue weighted by Gasteiger charge is 2.34. The summed E-state index contributed by atoms with van der Waals surface area (Å²) in [5.41, 5.74) is 0. The molecule has 0 saturated heterocycles. The molecule has 1 N–H and O–H groups in total. The summed E-state index contributed by atoms with van der Waals surface area (Å²) in [4.78, 5) is 0. The van der Waals surface area contributed by atoms with Crippen molar-refractivity contribution in [2.24, 2.45) is 0 Å². The van der Waals surface area contributed by atoms with E-state index in [2.05, 4.69) is 5.32 Å². The van der Waals surface area contributed by atoms with Crippen molar-refractivity contribution >= 4 is 9.84 Å². The second kappa shape index (κ2) is 5.82. The normalized spacial score (nSPS) is 27.1. The molecule has 0 aromatic heterocycles.